The Morgan fingerprint density at radius 3 is 2.55 bits per heavy atom. The number of aryl methyl sites for hydroxylation is 2. The number of nitrogens with zero attached hydrogens (tertiary/aromatic N) is 3. The Bertz CT molecular complexity index is 911. The minimum Gasteiger partial charge on any atom is -0.493 e. The van der Waals surface area contributed by atoms with Crippen molar-refractivity contribution in [1.29, 1.82) is 0 Å². The van der Waals surface area contributed by atoms with Gasteiger partial charge in [-0.15, -0.1) is 0 Å². The van der Waals surface area contributed by atoms with Gasteiger partial charge < -0.3 is 9.47 Å². The maximum atomic E-state index is 12.0. The lowest BCUT2D eigenvalue weighted by Crippen LogP contribution is -2.19. The lowest BCUT2D eigenvalue weighted by Gasteiger charge is -2.09. The predicted molar refractivity (Wildman–Crippen MR) is 81.6 cm³/mol. The van der Waals surface area contributed by atoms with Gasteiger partial charge in [-0.1, -0.05) is 6.07 Å². The van der Waals surface area contributed by atoms with Gasteiger partial charge in [-0.3, -0.25) is 4.98 Å². The molecule has 0 aliphatic rings. The van der Waals surface area contributed by atoms with Crippen LogP contribution >= 0.6 is 0 Å². The monoisotopic (exact) mass is 300 g/mol. The molecule has 22 heavy (non-hydrogen) atoms. The molecule has 2 heterocycles. The van der Waals surface area contributed by atoms with E-state index < -0.39 is 0 Å². The summed E-state index contributed by atoms with van der Waals surface area (Å²) in [6.45, 7) is 3.58. The molecule has 3 aromatic rings. The molecule has 0 saturated heterocycles. The fourth-order valence-corrected chi connectivity index (χ4v) is 2.48. The third kappa shape index (κ3) is 2.11. The second-order valence-corrected chi connectivity index (χ2v) is 4.89. The zero-order valence-corrected chi connectivity index (χ0v) is 12.8. The lowest BCUT2D eigenvalue weighted by molar-refractivity contribution is 0.355. The first-order chi connectivity index (χ1) is 10.5. The Labute approximate surface area is 126 Å². The molecule has 0 spiro atoms. The van der Waals surface area contributed by atoms with Crippen molar-refractivity contribution >= 4 is 5.65 Å². The summed E-state index contributed by atoms with van der Waals surface area (Å²) in [5, 5.41) is 4.27. The topological polar surface area (TPSA) is 81.5 Å². The van der Waals surface area contributed by atoms with E-state index in [0.717, 1.165) is 16.8 Å². The molecule has 0 fully saturated rings. The number of aromatic nitrogens is 4. The first kappa shape index (κ1) is 14.1. The van der Waals surface area contributed by atoms with Crippen LogP contribution in [0.1, 0.15) is 11.5 Å². The van der Waals surface area contributed by atoms with E-state index in [1.54, 1.807) is 21.1 Å². The summed E-state index contributed by atoms with van der Waals surface area (Å²) in [4.78, 5) is 19.0. The highest BCUT2D eigenvalue weighted by molar-refractivity contribution is 5.81. The van der Waals surface area contributed by atoms with Gasteiger partial charge in [0.1, 0.15) is 5.82 Å². The summed E-state index contributed by atoms with van der Waals surface area (Å²) >= 11 is 0. The zero-order chi connectivity index (χ0) is 15.9. The molecule has 1 aromatic carbocycles. The minimum atomic E-state index is -0.308. The van der Waals surface area contributed by atoms with E-state index >= 15 is 0 Å². The molecular formula is C15H16N4O3. The average molecular weight is 300 g/mol. The maximum Gasteiger partial charge on any atom is 0.349 e. The van der Waals surface area contributed by atoms with Crippen LogP contribution in [0, 0.1) is 13.8 Å². The first-order valence-electron chi connectivity index (χ1n) is 6.73. The molecular weight excluding hydrogens is 284 g/mol. The number of methoxy groups -OCH3 is 2. The molecule has 0 radical (unpaired) electrons. The molecule has 1 N–H and O–H groups in total. The Kier molecular flexibility index (Phi) is 3.32. The van der Waals surface area contributed by atoms with Crippen molar-refractivity contribution in [2.24, 2.45) is 0 Å². The Hall–Kier alpha value is -2.83. The minimum absolute atomic E-state index is 0.308. The van der Waals surface area contributed by atoms with E-state index in [0.29, 0.717) is 23.0 Å². The van der Waals surface area contributed by atoms with Crippen molar-refractivity contribution in [2.75, 3.05) is 14.2 Å². The lowest BCUT2D eigenvalue weighted by atomic mass is 10.1. The van der Waals surface area contributed by atoms with Crippen LogP contribution in [-0.2, 0) is 0 Å². The van der Waals surface area contributed by atoms with Crippen molar-refractivity contribution in [2.45, 2.75) is 13.8 Å². The predicted octanol–water partition coefficient (Wildman–Crippen LogP) is 1.72. The zero-order valence-electron chi connectivity index (χ0n) is 12.8. The summed E-state index contributed by atoms with van der Waals surface area (Å²) in [6.07, 6.45) is 0. The van der Waals surface area contributed by atoms with Crippen LogP contribution in [0.2, 0.25) is 0 Å². The van der Waals surface area contributed by atoms with Gasteiger partial charge in [-0.2, -0.15) is 9.61 Å². The van der Waals surface area contributed by atoms with Gasteiger partial charge in [0.15, 0.2) is 17.1 Å². The van der Waals surface area contributed by atoms with Gasteiger partial charge in [0, 0.05) is 5.56 Å². The number of benzene rings is 1. The van der Waals surface area contributed by atoms with Crippen LogP contribution in [0.5, 0.6) is 11.5 Å². The Balaban J connectivity index is 2.31. The number of fused-ring (bicyclic) bond motifs is 1. The standard InChI is InChI=1S/C15H16N4O3/c1-8-13(10-5-6-11(21-3)12(7-10)22-4)14-16-9(2)17-15(20)19(14)18-8/h5-7H,1-4H3,(H,16,17,20). The van der Waals surface area contributed by atoms with E-state index in [4.69, 9.17) is 9.47 Å². The third-order valence-electron chi connectivity index (χ3n) is 3.46. The van der Waals surface area contributed by atoms with Crippen molar-refractivity contribution in [1.82, 2.24) is 19.6 Å². The van der Waals surface area contributed by atoms with Crippen LogP contribution in [0.4, 0.5) is 0 Å². The molecule has 0 atom stereocenters. The highest BCUT2D eigenvalue weighted by atomic mass is 16.5. The van der Waals surface area contributed by atoms with Crippen LogP contribution in [-0.4, -0.2) is 33.8 Å². The molecule has 0 aliphatic carbocycles. The smallest absolute Gasteiger partial charge is 0.349 e. The fourth-order valence-electron chi connectivity index (χ4n) is 2.48. The molecule has 7 heteroatoms. The van der Waals surface area contributed by atoms with Gasteiger partial charge in [-0.05, 0) is 31.5 Å². The number of aromatic amines is 1. The second kappa shape index (κ2) is 5.18. The summed E-state index contributed by atoms with van der Waals surface area (Å²) in [5.41, 5.74) is 2.59. The molecule has 0 amide bonds. The van der Waals surface area contributed by atoms with Crippen molar-refractivity contribution in [3.05, 3.63) is 40.2 Å². The first-order valence-corrected chi connectivity index (χ1v) is 6.73. The van der Waals surface area contributed by atoms with E-state index in [2.05, 4.69) is 15.1 Å². The molecule has 114 valence electrons. The van der Waals surface area contributed by atoms with E-state index in [1.807, 2.05) is 25.1 Å². The third-order valence-corrected chi connectivity index (χ3v) is 3.46. The number of rotatable bonds is 3. The van der Waals surface area contributed by atoms with Gasteiger partial charge in [-0.25, -0.2) is 9.78 Å². The van der Waals surface area contributed by atoms with Gasteiger partial charge in [0.05, 0.1) is 19.9 Å². The Morgan fingerprint density at radius 2 is 1.86 bits per heavy atom. The summed E-state index contributed by atoms with van der Waals surface area (Å²) in [6, 6.07) is 5.56. The van der Waals surface area contributed by atoms with E-state index in [1.165, 1.54) is 4.52 Å². The molecule has 2 aromatic heterocycles. The highest BCUT2D eigenvalue weighted by Crippen LogP contribution is 2.34. The van der Waals surface area contributed by atoms with Crippen LogP contribution < -0.4 is 15.2 Å². The second-order valence-electron chi connectivity index (χ2n) is 4.89. The molecule has 0 bridgehead atoms. The molecule has 3 rings (SSSR count). The molecule has 0 unspecified atom stereocenters. The fraction of sp³-hybridized carbons (Fsp3) is 0.267. The SMILES string of the molecule is COc1ccc(-c2c(C)nn3c(=O)[nH]c(C)nc23)cc1OC. The van der Waals surface area contributed by atoms with Crippen LogP contribution in [0.3, 0.4) is 0 Å². The number of ether oxygens (including phenoxy) is 2. The summed E-state index contributed by atoms with van der Waals surface area (Å²) in [7, 11) is 3.17. The van der Waals surface area contributed by atoms with Crippen molar-refractivity contribution < 1.29 is 9.47 Å². The summed E-state index contributed by atoms with van der Waals surface area (Å²) in [5.74, 6) is 1.79. The largest absolute Gasteiger partial charge is 0.493 e. The van der Waals surface area contributed by atoms with Crippen molar-refractivity contribution in [3.8, 4) is 22.6 Å². The van der Waals surface area contributed by atoms with Gasteiger partial charge in [0.25, 0.3) is 0 Å². The Morgan fingerprint density at radius 1 is 1.14 bits per heavy atom. The average Bonchev–Trinajstić information content (AvgIpc) is 2.83. The van der Waals surface area contributed by atoms with Crippen LogP contribution in [0.15, 0.2) is 23.0 Å². The number of H-pyrrole nitrogens is 1. The van der Waals surface area contributed by atoms with Crippen LogP contribution in [0.25, 0.3) is 16.8 Å². The van der Waals surface area contributed by atoms with E-state index in [-0.39, 0.29) is 5.69 Å². The van der Waals surface area contributed by atoms with Gasteiger partial charge in [0.2, 0.25) is 0 Å². The maximum absolute atomic E-state index is 12.0. The quantitative estimate of drug-likeness (QED) is 0.796. The molecule has 7 nitrogen and oxygen atoms in total. The van der Waals surface area contributed by atoms with Gasteiger partial charge >= 0.3 is 5.69 Å². The van der Waals surface area contributed by atoms with Crippen molar-refractivity contribution in [3.63, 3.8) is 0 Å². The van der Waals surface area contributed by atoms with E-state index in [9.17, 15) is 4.79 Å². The molecule has 0 aliphatic heterocycles. The number of hydrogen-bond acceptors (Lipinski definition) is 5. The number of nitrogens with one attached hydrogen (secondary N) is 1. The normalized spacial score (nSPS) is 10.9. The number of hydrogen-bond donors (Lipinski definition) is 1. The molecule has 0 saturated carbocycles. The highest BCUT2D eigenvalue weighted by Gasteiger charge is 2.17. The summed E-state index contributed by atoms with van der Waals surface area (Å²) < 4.78 is 11.9.